The predicted molar refractivity (Wildman–Crippen MR) is 104 cm³/mol. The largest absolute Gasteiger partial charge is 0.348 e. The molecule has 0 bridgehead atoms. The minimum absolute atomic E-state index is 0.1000. The molecule has 1 aromatic carbocycles. The molecule has 2 N–H and O–H groups in total. The Morgan fingerprint density at radius 1 is 1.21 bits per heavy atom. The second-order valence-corrected chi connectivity index (χ2v) is 6.99. The molecule has 3 aromatic heterocycles. The average Bonchev–Trinajstić information content (AvgIpc) is 3.38. The van der Waals surface area contributed by atoms with Gasteiger partial charge in [0.15, 0.2) is 0 Å². The molecule has 1 amide bonds. The van der Waals surface area contributed by atoms with E-state index in [2.05, 4.69) is 24.9 Å². The Morgan fingerprint density at radius 3 is 3.00 bits per heavy atom. The zero-order valence-electron chi connectivity index (χ0n) is 15.3. The number of aromatic amines is 2. The van der Waals surface area contributed by atoms with Crippen molar-refractivity contribution >= 4 is 16.9 Å². The van der Waals surface area contributed by atoms with Crippen LogP contribution in [0.15, 0.2) is 55.1 Å². The van der Waals surface area contributed by atoms with Crippen molar-refractivity contribution in [2.45, 2.75) is 25.3 Å². The molecule has 4 aromatic rings. The maximum atomic E-state index is 13.1. The van der Waals surface area contributed by atoms with Crippen molar-refractivity contribution in [3.63, 3.8) is 0 Å². The van der Waals surface area contributed by atoms with E-state index in [-0.39, 0.29) is 11.9 Å². The first-order valence-electron chi connectivity index (χ1n) is 9.45. The Bertz CT molecular complexity index is 1080. The number of aryl methyl sites for hydroxylation is 1. The van der Waals surface area contributed by atoms with Gasteiger partial charge in [-0.3, -0.25) is 9.78 Å². The van der Waals surface area contributed by atoms with Gasteiger partial charge in [0.25, 0.3) is 0 Å². The van der Waals surface area contributed by atoms with Crippen LogP contribution in [0.4, 0.5) is 0 Å². The monoisotopic (exact) mass is 372 g/mol. The molecule has 1 atom stereocenters. The van der Waals surface area contributed by atoms with Crippen molar-refractivity contribution in [2.24, 2.45) is 0 Å². The number of carbonyl (C=O) groups excluding carboxylic acids is 1. The number of fused-ring (bicyclic) bond motifs is 2. The average molecular weight is 372 g/mol. The fourth-order valence-corrected chi connectivity index (χ4v) is 3.91. The highest BCUT2D eigenvalue weighted by atomic mass is 16.2. The molecule has 0 saturated carbocycles. The molecular weight excluding hydrogens is 352 g/mol. The fraction of sp³-hybridized carbons (Fsp3) is 0.238. The van der Waals surface area contributed by atoms with Gasteiger partial charge in [0.05, 0.1) is 23.1 Å². The second-order valence-electron chi connectivity index (χ2n) is 6.99. The maximum absolute atomic E-state index is 13.1. The topological polar surface area (TPSA) is 90.6 Å². The van der Waals surface area contributed by atoms with E-state index >= 15 is 0 Å². The molecule has 0 aliphatic carbocycles. The van der Waals surface area contributed by atoms with Crippen LogP contribution in [0.2, 0.25) is 0 Å². The first-order valence-corrected chi connectivity index (χ1v) is 9.45. The van der Waals surface area contributed by atoms with E-state index in [0.717, 1.165) is 40.2 Å². The van der Waals surface area contributed by atoms with Crippen LogP contribution in [-0.2, 0) is 17.6 Å². The van der Waals surface area contributed by atoms with Gasteiger partial charge in [0.2, 0.25) is 5.91 Å². The molecule has 1 aliphatic rings. The molecule has 7 heteroatoms. The van der Waals surface area contributed by atoms with Crippen LogP contribution in [0.25, 0.3) is 11.0 Å². The number of aromatic nitrogens is 5. The molecule has 1 unspecified atom stereocenters. The van der Waals surface area contributed by atoms with Gasteiger partial charge < -0.3 is 14.9 Å². The van der Waals surface area contributed by atoms with Crippen LogP contribution in [0, 0.1) is 0 Å². The summed E-state index contributed by atoms with van der Waals surface area (Å²) < 4.78 is 0. The van der Waals surface area contributed by atoms with Gasteiger partial charge in [-0.1, -0.05) is 18.2 Å². The summed E-state index contributed by atoms with van der Waals surface area (Å²) in [7, 11) is 0. The normalized spacial score (nSPS) is 16.3. The number of rotatable bonds is 4. The molecule has 0 fully saturated rings. The first-order chi connectivity index (χ1) is 13.8. The van der Waals surface area contributed by atoms with Crippen molar-refractivity contribution in [2.75, 3.05) is 6.54 Å². The minimum Gasteiger partial charge on any atom is -0.348 e. The number of pyridine rings is 1. The third-order valence-electron chi connectivity index (χ3n) is 5.26. The van der Waals surface area contributed by atoms with Gasteiger partial charge >= 0.3 is 0 Å². The van der Waals surface area contributed by atoms with E-state index in [4.69, 9.17) is 0 Å². The summed E-state index contributed by atoms with van der Waals surface area (Å²) >= 11 is 0. The van der Waals surface area contributed by atoms with Gasteiger partial charge in [0.1, 0.15) is 11.9 Å². The van der Waals surface area contributed by atoms with Crippen molar-refractivity contribution in [1.82, 2.24) is 29.8 Å². The lowest BCUT2D eigenvalue weighted by Gasteiger charge is -2.35. The van der Waals surface area contributed by atoms with Crippen LogP contribution in [0.1, 0.15) is 35.2 Å². The van der Waals surface area contributed by atoms with Crippen molar-refractivity contribution in [3.8, 4) is 0 Å². The van der Waals surface area contributed by atoms with Crippen LogP contribution in [0.5, 0.6) is 0 Å². The minimum atomic E-state index is -0.202. The van der Waals surface area contributed by atoms with Crippen molar-refractivity contribution in [3.05, 3.63) is 77.9 Å². The third kappa shape index (κ3) is 2.94. The lowest BCUT2D eigenvalue weighted by atomic mass is 9.96. The highest BCUT2D eigenvalue weighted by Crippen LogP contribution is 2.33. The number of imidazole rings is 2. The van der Waals surface area contributed by atoms with Gasteiger partial charge in [-0.25, -0.2) is 9.97 Å². The summed E-state index contributed by atoms with van der Waals surface area (Å²) in [6, 6.07) is 11.6. The van der Waals surface area contributed by atoms with E-state index in [1.54, 1.807) is 12.5 Å². The van der Waals surface area contributed by atoms with Crippen LogP contribution >= 0.6 is 0 Å². The number of amides is 1. The summed E-state index contributed by atoms with van der Waals surface area (Å²) in [4.78, 5) is 34.9. The van der Waals surface area contributed by atoms with Crippen LogP contribution in [-0.4, -0.2) is 42.3 Å². The smallest absolute Gasteiger partial charge is 0.223 e. The van der Waals surface area contributed by atoms with Crippen LogP contribution in [0.3, 0.4) is 0 Å². The molecule has 0 spiro atoms. The predicted octanol–water partition coefficient (Wildman–Crippen LogP) is 2.79. The number of nitrogens with one attached hydrogen (secondary N) is 2. The quantitative estimate of drug-likeness (QED) is 0.576. The summed E-state index contributed by atoms with van der Waals surface area (Å²) in [5.41, 5.74) is 4.91. The Hall–Kier alpha value is -3.48. The lowest BCUT2D eigenvalue weighted by Crippen LogP contribution is -2.41. The first kappa shape index (κ1) is 16.7. The number of hydrogen-bond acceptors (Lipinski definition) is 4. The Kier molecular flexibility index (Phi) is 4.12. The summed E-state index contributed by atoms with van der Waals surface area (Å²) in [6.07, 6.45) is 7.02. The zero-order chi connectivity index (χ0) is 18.9. The summed E-state index contributed by atoms with van der Waals surface area (Å²) in [6.45, 7) is 0.660. The highest BCUT2D eigenvalue weighted by Gasteiger charge is 2.33. The van der Waals surface area contributed by atoms with Gasteiger partial charge in [-0.2, -0.15) is 0 Å². The highest BCUT2D eigenvalue weighted by molar-refractivity contribution is 5.78. The Morgan fingerprint density at radius 2 is 2.14 bits per heavy atom. The Balaban J connectivity index is 1.38. The summed E-state index contributed by atoms with van der Waals surface area (Å²) in [5, 5.41) is 0. The van der Waals surface area contributed by atoms with E-state index in [1.165, 1.54) is 0 Å². The van der Waals surface area contributed by atoms with E-state index in [9.17, 15) is 4.79 Å². The number of hydrogen-bond donors (Lipinski definition) is 2. The van der Waals surface area contributed by atoms with Gasteiger partial charge in [0, 0.05) is 43.9 Å². The fourth-order valence-electron chi connectivity index (χ4n) is 3.91. The van der Waals surface area contributed by atoms with E-state index in [1.807, 2.05) is 47.5 Å². The zero-order valence-corrected chi connectivity index (χ0v) is 15.3. The lowest BCUT2D eigenvalue weighted by molar-refractivity contribution is -0.133. The summed E-state index contributed by atoms with van der Waals surface area (Å²) in [5.74, 6) is 0.938. The molecule has 5 rings (SSSR count). The maximum Gasteiger partial charge on any atom is 0.223 e. The van der Waals surface area contributed by atoms with Crippen LogP contribution < -0.4 is 0 Å². The number of benzene rings is 1. The molecule has 7 nitrogen and oxygen atoms in total. The second kappa shape index (κ2) is 6.92. The van der Waals surface area contributed by atoms with E-state index in [0.29, 0.717) is 19.4 Å². The van der Waals surface area contributed by atoms with Crippen molar-refractivity contribution in [1.29, 1.82) is 0 Å². The molecule has 140 valence electrons. The SMILES string of the molecule is O=C(CCc1nc2ccccc2[nH]1)N1CCc2[nH]cnc2C1c1cccnc1. The van der Waals surface area contributed by atoms with Gasteiger partial charge in [-0.15, -0.1) is 0 Å². The van der Waals surface area contributed by atoms with E-state index < -0.39 is 0 Å². The molecule has 28 heavy (non-hydrogen) atoms. The Labute approximate surface area is 161 Å². The van der Waals surface area contributed by atoms with Crippen molar-refractivity contribution < 1.29 is 4.79 Å². The molecule has 1 aliphatic heterocycles. The molecule has 0 saturated heterocycles. The number of para-hydroxylation sites is 2. The standard InChI is InChI=1S/C21H20N6O/c28-19(8-7-18-25-15-5-1-2-6-16(15)26-18)27-11-9-17-20(24-13-23-17)21(27)14-4-3-10-22-12-14/h1-6,10,12-13,21H,7-9,11H2,(H,23,24)(H,25,26). The molecule has 4 heterocycles. The number of nitrogens with zero attached hydrogens (tertiary/aromatic N) is 4. The molecule has 0 radical (unpaired) electrons. The third-order valence-corrected chi connectivity index (χ3v) is 5.26. The molecular formula is C21H20N6O. The number of H-pyrrole nitrogens is 2. The number of carbonyl (C=O) groups is 1. The van der Waals surface area contributed by atoms with Gasteiger partial charge in [-0.05, 0) is 23.8 Å².